The Balaban J connectivity index is 4.22. The third-order valence-corrected chi connectivity index (χ3v) is 1.14. The SMILES string of the molecule is CCCOC(=O)C(=CN=[N+]=[N-])CO. The predicted octanol–water partition coefficient (Wildman–Crippen LogP) is 1.13. The normalized spacial score (nSPS) is 10.5. The van der Waals surface area contributed by atoms with Gasteiger partial charge in [-0.25, -0.2) is 4.79 Å². The number of hydrogen-bond donors (Lipinski definition) is 1. The molecule has 0 saturated carbocycles. The molecule has 0 amide bonds. The highest BCUT2D eigenvalue weighted by Crippen LogP contribution is 1.98. The molecule has 0 aliphatic carbocycles. The van der Waals surface area contributed by atoms with Crippen LogP contribution in [0.4, 0.5) is 0 Å². The van der Waals surface area contributed by atoms with Gasteiger partial charge in [-0.2, -0.15) is 0 Å². The fourth-order valence-electron chi connectivity index (χ4n) is 0.541. The highest BCUT2D eigenvalue weighted by Gasteiger charge is 2.07. The van der Waals surface area contributed by atoms with Crippen LogP contribution in [0.3, 0.4) is 0 Å². The fourth-order valence-corrected chi connectivity index (χ4v) is 0.541. The van der Waals surface area contributed by atoms with Crippen molar-refractivity contribution in [2.75, 3.05) is 13.2 Å². The van der Waals surface area contributed by atoms with Gasteiger partial charge in [0, 0.05) is 11.1 Å². The number of hydrogen-bond acceptors (Lipinski definition) is 4. The second-order valence-electron chi connectivity index (χ2n) is 2.15. The number of aliphatic hydroxyl groups excluding tert-OH is 1. The van der Waals surface area contributed by atoms with Gasteiger partial charge in [0.2, 0.25) is 0 Å². The van der Waals surface area contributed by atoms with Gasteiger partial charge in [-0.05, 0) is 12.0 Å². The monoisotopic (exact) mass is 185 g/mol. The van der Waals surface area contributed by atoms with Gasteiger partial charge < -0.3 is 9.84 Å². The molecule has 0 fully saturated rings. The molecule has 6 heteroatoms. The van der Waals surface area contributed by atoms with E-state index in [9.17, 15) is 4.79 Å². The standard InChI is InChI=1S/C7H11N3O3/c1-2-3-13-7(12)6(5-11)4-9-10-8/h4,11H,2-3,5H2,1H3. The Hall–Kier alpha value is -1.52. The Morgan fingerprint density at radius 2 is 2.46 bits per heavy atom. The van der Waals surface area contributed by atoms with Crippen LogP contribution in [0.15, 0.2) is 16.9 Å². The molecule has 0 atom stereocenters. The van der Waals surface area contributed by atoms with Crippen LogP contribution in [0.1, 0.15) is 13.3 Å². The van der Waals surface area contributed by atoms with Crippen molar-refractivity contribution in [1.82, 2.24) is 0 Å². The number of azide groups is 1. The van der Waals surface area contributed by atoms with E-state index in [4.69, 9.17) is 15.4 Å². The molecule has 0 aromatic carbocycles. The molecule has 0 aromatic heterocycles. The smallest absolute Gasteiger partial charge is 0.336 e. The molecule has 0 bridgehead atoms. The summed E-state index contributed by atoms with van der Waals surface area (Å²) in [4.78, 5) is 13.4. The molecular formula is C7H11N3O3. The summed E-state index contributed by atoms with van der Waals surface area (Å²) < 4.78 is 4.69. The minimum Gasteiger partial charge on any atom is -0.462 e. The van der Waals surface area contributed by atoms with E-state index in [1.54, 1.807) is 0 Å². The summed E-state index contributed by atoms with van der Waals surface area (Å²) in [5.41, 5.74) is 7.90. The molecular weight excluding hydrogens is 174 g/mol. The van der Waals surface area contributed by atoms with Gasteiger partial charge in [0.25, 0.3) is 0 Å². The van der Waals surface area contributed by atoms with Crippen molar-refractivity contribution in [3.8, 4) is 0 Å². The summed E-state index contributed by atoms with van der Waals surface area (Å²) in [6.45, 7) is 1.64. The Kier molecular flexibility index (Phi) is 6.31. The molecule has 0 heterocycles. The maximum Gasteiger partial charge on any atom is 0.336 e. The first-order valence-corrected chi connectivity index (χ1v) is 3.77. The van der Waals surface area contributed by atoms with Gasteiger partial charge in [-0.3, -0.25) is 0 Å². The van der Waals surface area contributed by atoms with Crippen molar-refractivity contribution >= 4 is 5.97 Å². The van der Waals surface area contributed by atoms with Crippen molar-refractivity contribution in [3.05, 3.63) is 22.2 Å². The van der Waals surface area contributed by atoms with E-state index in [-0.39, 0.29) is 12.2 Å². The summed E-state index contributed by atoms with van der Waals surface area (Å²) in [5.74, 6) is -0.656. The van der Waals surface area contributed by atoms with Crippen LogP contribution in [0, 0.1) is 0 Å². The number of carbonyl (C=O) groups excluding carboxylic acids is 1. The molecule has 0 unspecified atom stereocenters. The predicted molar refractivity (Wildman–Crippen MR) is 45.6 cm³/mol. The van der Waals surface area contributed by atoms with Gasteiger partial charge in [-0.1, -0.05) is 12.0 Å². The molecule has 0 aromatic rings. The van der Waals surface area contributed by atoms with E-state index in [1.807, 2.05) is 6.92 Å². The second kappa shape index (κ2) is 7.15. The Morgan fingerprint density at radius 1 is 1.77 bits per heavy atom. The molecule has 6 nitrogen and oxygen atoms in total. The average Bonchev–Trinajstić information content (AvgIpc) is 2.16. The first kappa shape index (κ1) is 11.5. The van der Waals surface area contributed by atoms with Gasteiger partial charge in [-0.15, -0.1) is 0 Å². The van der Waals surface area contributed by atoms with Crippen molar-refractivity contribution in [2.45, 2.75) is 13.3 Å². The molecule has 0 aliphatic heterocycles. The summed E-state index contributed by atoms with van der Waals surface area (Å²) >= 11 is 0. The fraction of sp³-hybridized carbons (Fsp3) is 0.571. The molecule has 1 N–H and O–H groups in total. The van der Waals surface area contributed by atoms with E-state index in [1.165, 1.54) is 0 Å². The largest absolute Gasteiger partial charge is 0.462 e. The van der Waals surface area contributed by atoms with Crippen molar-refractivity contribution < 1.29 is 14.6 Å². The van der Waals surface area contributed by atoms with Crippen molar-refractivity contribution in [2.24, 2.45) is 5.11 Å². The van der Waals surface area contributed by atoms with Crippen LogP contribution in [0.25, 0.3) is 10.4 Å². The summed E-state index contributed by atoms with van der Waals surface area (Å²) in [7, 11) is 0. The van der Waals surface area contributed by atoms with E-state index in [0.29, 0.717) is 6.42 Å². The van der Waals surface area contributed by atoms with Crippen LogP contribution in [0.5, 0.6) is 0 Å². The van der Waals surface area contributed by atoms with Gasteiger partial charge in [0.15, 0.2) is 0 Å². The summed E-state index contributed by atoms with van der Waals surface area (Å²) in [6.07, 6.45) is 1.64. The minimum absolute atomic E-state index is 0.0498. The number of ether oxygens (including phenoxy) is 1. The molecule has 13 heavy (non-hydrogen) atoms. The van der Waals surface area contributed by atoms with Crippen LogP contribution in [-0.2, 0) is 9.53 Å². The topological polar surface area (TPSA) is 95.3 Å². The number of carbonyl (C=O) groups is 1. The summed E-state index contributed by atoms with van der Waals surface area (Å²) in [5, 5.41) is 11.7. The zero-order valence-corrected chi connectivity index (χ0v) is 7.30. The van der Waals surface area contributed by atoms with E-state index < -0.39 is 12.6 Å². The number of aliphatic hydroxyl groups is 1. The van der Waals surface area contributed by atoms with Crippen LogP contribution >= 0.6 is 0 Å². The van der Waals surface area contributed by atoms with Crippen LogP contribution in [-0.4, -0.2) is 24.3 Å². The molecule has 0 saturated heterocycles. The van der Waals surface area contributed by atoms with Crippen molar-refractivity contribution in [1.29, 1.82) is 0 Å². The summed E-state index contributed by atoms with van der Waals surface area (Å²) in [6, 6.07) is 0. The Bertz CT molecular complexity index is 243. The van der Waals surface area contributed by atoms with Crippen LogP contribution in [0.2, 0.25) is 0 Å². The van der Waals surface area contributed by atoms with E-state index >= 15 is 0 Å². The zero-order chi connectivity index (χ0) is 10.1. The van der Waals surface area contributed by atoms with Gasteiger partial charge in [0.1, 0.15) is 0 Å². The van der Waals surface area contributed by atoms with Crippen LogP contribution < -0.4 is 0 Å². The lowest BCUT2D eigenvalue weighted by Gasteiger charge is -2.02. The zero-order valence-electron chi connectivity index (χ0n) is 7.30. The maximum absolute atomic E-state index is 11.0. The lowest BCUT2D eigenvalue weighted by Crippen LogP contribution is -2.11. The van der Waals surface area contributed by atoms with Gasteiger partial charge in [0.05, 0.1) is 18.8 Å². The quantitative estimate of drug-likeness (QED) is 0.228. The third kappa shape index (κ3) is 4.84. The minimum atomic E-state index is -0.656. The Morgan fingerprint density at radius 3 is 2.92 bits per heavy atom. The number of rotatable bonds is 5. The number of nitrogens with zero attached hydrogens (tertiary/aromatic N) is 3. The van der Waals surface area contributed by atoms with Crippen molar-refractivity contribution in [3.63, 3.8) is 0 Å². The first-order valence-electron chi connectivity index (χ1n) is 3.77. The maximum atomic E-state index is 11.0. The highest BCUT2D eigenvalue weighted by atomic mass is 16.5. The van der Waals surface area contributed by atoms with Gasteiger partial charge >= 0.3 is 5.97 Å². The van der Waals surface area contributed by atoms with E-state index in [2.05, 4.69) is 10.0 Å². The lowest BCUT2D eigenvalue weighted by atomic mass is 10.3. The number of esters is 1. The van der Waals surface area contributed by atoms with E-state index in [0.717, 1.165) is 6.20 Å². The average molecular weight is 185 g/mol. The first-order chi connectivity index (χ1) is 6.26. The molecule has 72 valence electrons. The molecule has 0 rings (SSSR count). The second-order valence-corrected chi connectivity index (χ2v) is 2.15. The third-order valence-electron chi connectivity index (χ3n) is 1.14. The molecule has 0 spiro atoms. The highest BCUT2D eigenvalue weighted by molar-refractivity contribution is 5.88. The lowest BCUT2D eigenvalue weighted by molar-refractivity contribution is -0.139. The molecule has 0 radical (unpaired) electrons. The Labute approximate surface area is 75.4 Å². The molecule has 0 aliphatic rings.